The van der Waals surface area contributed by atoms with Gasteiger partial charge in [-0.15, -0.1) is 24.8 Å². The van der Waals surface area contributed by atoms with Crippen molar-refractivity contribution in [1.82, 2.24) is 10.6 Å². The summed E-state index contributed by atoms with van der Waals surface area (Å²) in [4.78, 5) is 15.4. The number of nitrogens with one attached hydrogen (secondary N) is 2. The van der Waals surface area contributed by atoms with E-state index in [9.17, 15) is 4.79 Å². The topological polar surface area (TPSA) is 44.4 Å². The molecular weight excluding hydrogens is 417 g/mol. The normalized spacial score (nSPS) is 19.0. The minimum atomic E-state index is 0. The van der Waals surface area contributed by atoms with Gasteiger partial charge in [0.1, 0.15) is 0 Å². The number of benzene rings is 2. The monoisotopic (exact) mass is 449 g/mol. The number of piperidine rings is 1. The van der Waals surface area contributed by atoms with E-state index in [2.05, 4.69) is 58.9 Å². The van der Waals surface area contributed by atoms with Crippen LogP contribution in [0.25, 0.3) is 0 Å². The molecule has 1 amide bonds. The number of carbonyl (C=O) groups is 1. The van der Waals surface area contributed by atoms with Crippen molar-refractivity contribution in [2.24, 2.45) is 5.92 Å². The van der Waals surface area contributed by atoms with Crippen LogP contribution in [0.5, 0.6) is 0 Å². The van der Waals surface area contributed by atoms with Crippen LogP contribution in [0.15, 0.2) is 48.5 Å². The van der Waals surface area contributed by atoms with Gasteiger partial charge in [0.2, 0.25) is 0 Å². The fourth-order valence-electron chi connectivity index (χ4n) is 4.49. The van der Waals surface area contributed by atoms with Gasteiger partial charge in [0, 0.05) is 30.4 Å². The van der Waals surface area contributed by atoms with Crippen molar-refractivity contribution in [1.29, 1.82) is 0 Å². The van der Waals surface area contributed by atoms with E-state index in [1.165, 1.54) is 23.2 Å². The van der Waals surface area contributed by atoms with Crippen LogP contribution in [0.2, 0.25) is 0 Å². The highest BCUT2D eigenvalue weighted by atomic mass is 35.5. The maximum Gasteiger partial charge on any atom is 0.251 e. The Bertz CT molecular complexity index is 816. The Morgan fingerprint density at radius 2 is 1.83 bits per heavy atom. The Morgan fingerprint density at radius 3 is 2.53 bits per heavy atom. The average Bonchev–Trinajstić information content (AvgIpc) is 3.22. The maximum atomic E-state index is 13.0. The summed E-state index contributed by atoms with van der Waals surface area (Å²) in [6.45, 7) is 6.27. The molecule has 2 aromatic rings. The van der Waals surface area contributed by atoms with Crippen LogP contribution in [0.3, 0.4) is 0 Å². The molecule has 1 atom stereocenters. The van der Waals surface area contributed by atoms with Gasteiger partial charge in [0.25, 0.3) is 5.91 Å². The summed E-state index contributed by atoms with van der Waals surface area (Å²) in [6.07, 6.45) is 4.18. The molecule has 164 valence electrons. The molecule has 2 saturated heterocycles. The molecule has 2 aliphatic rings. The highest BCUT2D eigenvalue weighted by Gasteiger charge is 2.23. The summed E-state index contributed by atoms with van der Waals surface area (Å²) in [6, 6.07) is 17.1. The fraction of sp³-hybridized carbons (Fsp3) is 0.458. The van der Waals surface area contributed by atoms with Crippen molar-refractivity contribution in [2.75, 3.05) is 31.1 Å². The van der Waals surface area contributed by atoms with Crippen LogP contribution in [0.4, 0.5) is 5.69 Å². The van der Waals surface area contributed by atoms with Crippen molar-refractivity contribution in [3.63, 3.8) is 0 Å². The number of hydrogen-bond donors (Lipinski definition) is 2. The average molecular weight is 450 g/mol. The molecule has 0 spiro atoms. The summed E-state index contributed by atoms with van der Waals surface area (Å²) in [5, 5.41) is 6.73. The number of carbonyl (C=O) groups excluding carboxylic acids is 1. The molecule has 2 fully saturated rings. The molecule has 0 saturated carbocycles. The van der Waals surface area contributed by atoms with Gasteiger partial charge in [0.05, 0.1) is 0 Å². The van der Waals surface area contributed by atoms with Crippen LogP contribution in [-0.2, 0) is 6.42 Å². The Hall–Kier alpha value is -1.75. The van der Waals surface area contributed by atoms with Crippen LogP contribution in [0, 0.1) is 12.8 Å². The summed E-state index contributed by atoms with van der Waals surface area (Å²) >= 11 is 0. The molecule has 0 aliphatic carbocycles. The van der Waals surface area contributed by atoms with E-state index >= 15 is 0 Å². The van der Waals surface area contributed by atoms with E-state index in [1.54, 1.807) is 0 Å². The predicted molar refractivity (Wildman–Crippen MR) is 129 cm³/mol. The minimum absolute atomic E-state index is 0. The van der Waals surface area contributed by atoms with E-state index in [4.69, 9.17) is 0 Å². The fourth-order valence-corrected chi connectivity index (χ4v) is 4.49. The van der Waals surface area contributed by atoms with E-state index in [-0.39, 0.29) is 36.8 Å². The SMILES string of the molecule is Cc1cccc(N2CCC(NC(=O)c3ccccc3CC3CCNC3)CC2)c1.Cl.Cl. The number of rotatable bonds is 5. The van der Waals surface area contributed by atoms with Crippen LogP contribution < -0.4 is 15.5 Å². The lowest BCUT2D eigenvalue weighted by Crippen LogP contribution is -2.45. The predicted octanol–water partition coefficient (Wildman–Crippen LogP) is 4.39. The minimum Gasteiger partial charge on any atom is -0.371 e. The zero-order chi connectivity index (χ0) is 19.3. The third kappa shape index (κ3) is 6.13. The highest BCUT2D eigenvalue weighted by molar-refractivity contribution is 5.95. The molecule has 2 N–H and O–H groups in total. The summed E-state index contributed by atoms with van der Waals surface area (Å²) in [5.41, 5.74) is 4.63. The van der Waals surface area contributed by atoms with Gasteiger partial charge in [-0.2, -0.15) is 0 Å². The van der Waals surface area contributed by atoms with Crippen molar-refractivity contribution >= 4 is 36.4 Å². The zero-order valence-corrected chi connectivity index (χ0v) is 19.2. The first-order chi connectivity index (χ1) is 13.7. The molecule has 0 radical (unpaired) electrons. The number of amides is 1. The molecule has 2 heterocycles. The zero-order valence-electron chi connectivity index (χ0n) is 17.6. The Balaban J connectivity index is 0.00000160. The quantitative estimate of drug-likeness (QED) is 0.710. The van der Waals surface area contributed by atoms with Crippen LogP contribution in [0.1, 0.15) is 40.7 Å². The standard InChI is InChI=1S/C24H31N3O.2ClH/c1-18-5-4-7-22(15-18)27-13-10-21(11-14-27)26-24(28)23-8-3-2-6-20(23)16-19-9-12-25-17-19;;/h2-8,15,19,21,25H,9-14,16-17H2,1H3,(H,26,28);2*1H. The molecule has 2 aliphatic heterocycles. The first-order valence-corrected chi connectivity index (χ1v) is 10.6. The van der Waals surface area contributed by atoms with Crippen molar-refractivity contribution < 1.29 is 4.79 Å². The number of nitrogens with zero attached hydrogens (tertiary/aromatic N) is 1. The second-order valence-corrected chi connectivity index (χ2v) is 8.29. The van der Waals surface area contributed by atoms with E-state index in [1.807, 2.05) is 12.1 Å². The molecule has 0 aromatic heterocycles. The lowest BCUT2D eigenvalue weighted by Gasteiger charge is -2.34. The second kappa shape index (κ2) is 11.6. The van der Waals surface area contributed by atoms with E-state index in [0.29, 0.717) is 5.92 Å². The van der Waals surface area contributed by atoms with Gasteiger partial charge >= 0.3 is 0 Å². The summed E-state index contributed by atoms with van der Waals surface area (Å²) < 4.78 is 0. The number of aryl methyl sites for hydroxylation is 1. The first kappa shape index (κ1) is 24.5. The number of hydrogen-bond acceptors (Lipinski definition) is 3. The van der Waals surface area contributed by atoms with E-state index < -0.39 is 0 Å². The van der Waals surface area contributed by atoms with Crippen molar-refractivity contribution in [2.45, 2.75) is 38.6 Å². The Morgan fingerprint density at radius 1 is 1.07 bits per heavy atom. The maximum absolute atomic E-state index is 13.0. The lowest BCUT2D eigenvalue weighted by atomic mass is 9.94. The van der Waals surface area contributed by atoms with E-state index in [0.717, 1.165) is 51.0 Å². The molecule has 30 heavy (non-hydrogen) atoms. The van der Waals surface area contributed by atoms with Crippen molar-refractivity contribution in [3.05, 3.63) is 65.2 Å². The van der Waals surface area contributed by atoms with Gasteiger partial charge in [-0.3, -0.25) is 4.79 Å². The molecular formula is C24H33Cl2N3O. The number of halogens is 2. The van der Waals surface area contributed by atoms with Crippen LogP contribution in [-0.4, -0.2) is 38.1 Å². The Kier molecular flexibility index (Phi) is 9.47. The summed E-state index contributed by atoms with van der Waals surface area (Å²) in [7, 11) is 0. The van der Waals surface area contributed by atoms with Gasteiger partial charge in [-0.1, -0.05) is 30.3 Å². The molecule has 1 unspecified atom stereocenters. The van der Waals surface area contributed by atoms with Crippen LogP contribution >= 0.6 is 24.8 Å². The second-order valence-electron chi connectivity index (χ2n) is 8.29. The van der Waals surface area contributed by atoms with Gasteiger partial charge in [0.15, 0.2) is 0 Å². The van der Waals surface area contributed by atoms with Gasteiger partial charge in [-0.25, -0.2) is 0 Å². The first-order valence-electron chi connectivity index (χ1n) is 10.6. The lowest BCUT2D eigenvalue weighted by molar-refractivity contribution is 0.0930. The largest absolute Gasteiger partial charge is 0.371 e. The smallest absolute Gasteiger partial charge is 0.251 e. The third-order valence-electron chi connectivity index (χ3n) is 6.13. The molecule has 6 heteroatoms. The summed E-state index contributed by atoms with van der Waals surface area (Å²) in [5.74, 6) is 0.738. The molecule has 0 bridgehead atoms. The third-order valence-corrected chi connectivity index (χ3v) is 6.13. The van der Waals surface area contributed by atoms with Crippen molar-refractivity contribution in [3.8, 4) is 0 Å². The molecule has 2 aromatic carbocycles. The van der Waals surface area contributed by atoms with Gasteiger partial charge < -0.3 is 15.5 Å². The molecule has 4 nitrogen and oxygen atoms in total. The Labute approximate surface area is 192 Å². The number of anilines is 1. The van der Waals surface area contributed by atoms with Gasteiger partial charge in [-0.05, 0) is 80.9 Å². The molecule has 4 rings (SSSR count). The highest BCUT2D eigenvalue weighted by Crippen LogP contribution is 2.22.